The lowest BCUT2D eigenvalue weighted by atomic mass is 10.3. The quantitative estimate of drug-likeness (QED) is 0.654. The number of carbonyl (C=O) groups is 1. The molecule has 1 aromatic carbocycles. The number of hydrogen-bond donors (Lipinski definition) is 2. The van der Waals surface area contributed by atoms with E-state index in [0.29, 0.717) is 5.69 Å². The summed E-state index contributed by atoms with van der Waals surface area (Å²) in [4.78, 5) is 26.3. The van der Waals surface area contributed by atoms with Crippen molar-refractivity contribution < 1.29 is 22.7 Å². The van der Waals surface area contributed by atoms with Gasteiger partial charge in [0, 0.05) is 16.6 Å². The van der Waals surface area contributed by atoms with E-state index in [1.54, 1.807) is 0 Å². The molecule has 0 aliphatic rings. The van der Waals surface area contributed by atoms with E-state index in [4.69, 9.17) is 5.73 Å². The molecule has 3 rings (SSSR count). The van der Waals surface area contributed by atoms with Crippen molar-refractivity contribution in [2.45, 2.75) is 19.8 Å². The van der Waals surface area contributed by atoms with Crippen molar-refractivity contribution in [1.29, 1.82) is 0 Å². The largest absolute Gasteiger partial charge is 0.573 e. The van der Waals surface area contributed by atoms with E-state index < -0.39 is 30.1 Å². The second kappa shape index (κ2) is 7.95. The van der Waals surface area contributed by atoms with Crippen molar-refractivity contribution in [1.82, 2.24) is 9.78 Å². The summed E-state index contributed by atoms with van der Waals surface area (Å²) in [5, 5.41) is 6.57. The molecule has 0 saturated heterocycles. The number of rotatable bonds is 5. The van der Waals surface area contributed by atoms with Crippen molar-refractivity contribution in [2.75, 3.05) is 11.1 Å². The first-order valence-electron chi connectivity index (χ1n) is 8.21. The Bertz CT molecular complexity index is 1110. The molecular formula is C18H15F3N4O3S. The molecule has 0 aliphatic carbocycles. The molecule has 0 unspecified atom stereocenters. The summed E-state index contributed by atoms with van der Waals surface area (Å²) in [7, 11) is 0. The van der Waals surface area contributed by atoms with Gasteiger partial charge in [0.15, 0.2) is 0 Å². The number of halogens is 3. The molecule has 0 radical (unpaired) electrons. The average Bonchev–Trinajstić information content (AvgIpc) is 3.04. The number of thiophene rings is 1. The lowest BCUT2D eigenvalue weighted by Crippen LogP contribution is -2.31. The third-order valence-corrected chi connectivity index (χ3v) is 4.66. The first-order chi connectivity index (χ1) is 13.6. The number of nitrogen functional groups attached to an aromatic ring is 1. The molecule has 2 heterocycles. The summed E-state index contributed by atoms with van der Waals surface area (Å²) in [6.45, 7) is 1.45. The maximum atomic E-state index is 12.3. The standard InChI is InChI=1S/C18H15F3N4O3S/c1-10-5-6-15(29-10)14-8-13(22)17(27)25(24-14)9-16(26)23-11-3-2-4-12(7-11)28-18(19,20)21/h2-8H,9,22H2,1H3,(H,23,26). The van der Waals surface area contributed by atoms with E-state index in [-0.39, 0.29) is 11.4 Å². The van der Waals surface area contributed by atoms with Gasteiger partial charge in [-0.05, 0) is 37.3 Å². The van der Waals surface area contributed by atoms with Gasteiger partial charge in [-0.25, -0.2) is 4.68 Å². The van der Waals surface area contributed by atoms with Crippen LogP contribution < -0.4 is 21.3 Å². The molecule has 2 aromatic heterocycles. The van der Waals surface area contributed by atoms with Gasteiger partial charge in [0.2, 0.25) is 5.91 Å². The molecule has 0 aliphatic heterocycles. The van der Waals surface area contributed by atoms with Crippen LogP contribution in [0.4, 0.5) is 24.5 Å². The number of alkyl halides is 3. The molecule has 0 saturated carbocycles. The molecule has 0 spiro atoms. The summed E-state index contributed by atoms with van der Waals surface area (Å²) in [6, 6.07) is 9.93. The van der Waals surface area contributed by atoms with E-state index in [1.807, 2.05) is 19.1 Å². The molecule has 0 atom stereocenters. The molecule has 1 amide bonds. The Labute approximate surface area is 166 Å². The van der Waals surface area contributed by atoms with Crippen LogP contribution in [0.25, 0.3) is 10.6 Å². The van der Waals surface area contributed by atoms with Crippen molar-refractivity contribution >= 4 is 28.6 Å². The Morgan fingerprint density at radius 2 is 2.03 bits per heavy atom. The number of aromatic nitrogens is 2. The van der Waals surface area contributed by atoms with E-state index in [2.05, 4.69) is 15.2 Å². The monoisotopic (exact) mass is 424 g/mol. The number of hydrogen-bond acceptors (Lipinski definition) is 6. The minimum Gasteiger partial charge on any atom is -0.406 e. The highest BCUT2D eigenvalue weighted by molar-refractivity contribution is 7.15. The summed E-state index contributed by atoms with van der Waals surface area (Å²) < 4.78 is 41.7. The Morgan fingerprint density at radius 3 is 2.69 bits per heavy atom. The Hall–Kier alpha value is -3.34. The second-order valence-electron chi connectivity index (χ2n) is 5.98. The van der Waals surface area contributed by atoms with Crippen molar-refractivity contribution in [3.8, 4) is 16.3 Å². The number of amides is 1. The van der Waals surface area contributed by atoms with Crippen LogP contribution in [0.15, 0.2) is 47.3 Å². The normalized spacial score (nSPS) is 11.3. The Kier molecular flexibility index (Phi) is 5.59. The Balaban J connectivity index is 1.78. The summed E-state index contributed by atoms with van der Waals surface area (Å²) in [5.74, 6) is -1.15. The highest BCUT2D eigenvalue weighted by atomic mass is 32.1. The highest BCUT2D eigenvalue weighted by Gasteiger charge is 2.31. The maximum Gasteiger partial charge on any atom is 0.573 e. The van der Waals surface area contributed by atoms with E-state index in [1.165, 1.54) is 29.5 Å². The van der Waals surface area contributed by atoms with Crippen molar-refractivity contribution in [3.63, 3.8) is 0 Å². The first-order valence-corrected chi connectivity index (χ1v) is 9.02. The van der Waals surface area contributed by atoms with Gasteiger partial charge in [-0.3, -0.25) is 9.59 Å². The minimum atomic E-state index is -4.85. The molecule has 7 nitrogen and oxygen atoms in total. The number of benzene rings is 1. The van der Waals surface area contributed by atoms with Crippen LogP contribution in [-0.4, -0.2) is 22.1 Å². The summed E-state index contributed by atoms with van der Waals surface area (Å²) in [5.41, 5.74) is 5.54. The minimum absolute atomic E-state index is 0.0720. The number of ether oxygens (including phenoxy) is 1. The average molecular weight is 424 g/mol. The SMILES string of the molecule is Cc1ccc(-c2cc(N)c(=O)n(CC(=O)Nc3cccc(OC(F)(F)F)c3)n2)s1. The summed E-state index contributed by atoms with van der Waals surface area (Å²) in [6.07, 6.45) is -4.85. The lowest BCUT2D eigenvalue weighted by molar-refractivity contribution is -0.274. The second-order valence-corrected chi connectivity index (χ2v) is 7.27. The van der Waals surface area contributed by atoms with Gasteiger partial charge in [0.05, 0.1) is 4.88 Å². The maximum absolute atomic E-state index is 12.3. The molecule has 0 fully saturated rings. The van der Waals surface area contributed by atoms with Crippen LogP contribution in [0.3, 0.4) is 0 Å². The molecule has 0 bridgehead atoms. The predicted molar refractivity (Wildman–Crippen MR) is 103 cm³/mol. The number of nitrogens with one attached hydrogen (secondary N) is 1. The van der Waals surface area contributed by atoms with Gasteiger partial charge in [-0.15, -0.1) is 24.5 Å². The topological polar surface area (TPSA) is 99.2 Å². The molecule has 3 aromatic rings. The smallest absolute Gasteiger partial charge is 0.406 e. The van der Waals surface area contributed by atoms with E-state index in [9.17, 15) is 22.8 Å². The number of anilines is 2. The van der Waals surface area contributed by atoms with Crippen molar-refractivity contribution in [3.05, 3.63) is 57.7 Å². The number of aryl methyl sites for hydroxylation is 1. The van der Waals surface area contributed by atoms with Crippen LogP contribution in [-0.2, 0) is 11.3 Å². The van der Waals surface area contributed by atoms with Crippen LogP contribution in [0.1, 0.15) is 4.88 Å². The molecule has 3 N–H and O–H groups in total. The van der Waals surface area contributed by atoms with Gasteiger partial charge in [-0.2, -0.15) is 5.10 Å². The zero-order chi connectivity index (χ0) is 21.2. The fourth-order valence-electron chi connectivity index (χ4n) is 2.47. The highest BCUT2D eigenvalue weighted by Crippen LogP contribution is 2.26. The third-order valence-electron chi connectivity index (χ3n) is 3.64. The zero-order valence-electron chi connectivity index (χ0n) is 15.0. The molecule has 11 heteroatoms. The zero-order valence-corrected chi connectivity index (χ0v) is 15.8. The van der Waals surface area contributed by atoms with Gasteiger partial charge in [0.25, 0.3) is 5.56 Å². The van der Waals surface area contributed by atoms with Crippen LogP contribution >= 0.6 is 11.3 Å². The molecule has 29 heavy (non-hydrogen) atoms. The van der Waals surface area contributed by atoms with Crippen LogP contribution in [0.5, 0.6) is 5.75 Å². The third kappa shape index (κ3) is 5.35. The summed E-state index contributed by atoms with van der Waals surface area (Å²) >= 11 is 1.45. The van der Waals surface area contributed by atoms with E-state index in [0.717, 1.165) is 26.6 Å². The van der Waals surface area contributed by atoms with Gasteiger partial charge in [0.1, 0.15) is 23.7 Å². The van der Waals surface area contributed by atoms with E-state index >= 15 is 0 Å². The molecular weight excluding hydrogens is 409 g/mol. The number of carbonyl (C=O) groups excluding carboxylic acids is 1. The number of nitrogens with zero attached hydrogens (tertiary/aromatic N) is 2. The predicted octanol–water partition coefficient (Wildman–Crippen LogP) is 3.40. The van der Waals surface area contributed by atoms with Crippen LogP contribution in [0.2, 0.25) is 0 Å². The van der Waals surface area contributed by atoms with Crippen LogP contribution in [0, 0.1) is 6.92 Å². The lowest BCUT2D eigenvalue weighted by Gasteiger charge is -2.11. The number of nitrogens with two attached hydrogens (primary N) is 1. The van der Waals surface area contributed by atoms with Gasteiger partial charge >= 0.3 is 6.36 Å². The Morgan fingerprint density at radius 1 is 1.28 bits per heavy atom. The fourth-order valence-corrected chi connectivity index (χ4v) is 3.29. The molecule has 152 valence electrons. The fraction of sp³-hybridized carbons (Fsp3) is 0.167. The first kappa shape index (κ1) is 20.4. The van der Waals surface area contributed by atoms with Gasteiger partial charge in [-0.1, -0.05) is 6.07 Å². The van der Waals surface area contributed by atoms with Gasteiger partial charge < -0.3 is 15.8 Å². The van der Waals surface area contributed by atoms with Crippen molar-refractivity contribution in [2.24, 2.45) is 0 Å².